The number of esters is 1. The third kappa shape index (κ3) is 5.54. The smallest absolute Gasteiger partial charge is 0.339 e. The summed E-state index contributed by atoms with van der Waals surface area (Å²) < 4.78 is 31.7. The van der Waals surface area contributed by atoms with Crippen molar-refractivity contribution in [3.63, 3.8) is 0 Å². The van der Waals surface area contributed by atoms with E-state index in [1.165, 1.54) is 19.2 Å². The van der Waals surface area contributed by atoms with Gasteiger partial charge in [-0.2, -0.15) is 0 Å². The van der Waals surface area contributed by atoms with Gasteiger partial charge in [0.15, 0.2) is 15.0 Å². The van der Waals surface area contributed by atoms with Crippen LogP contribution in [0.25, 0.3) is 0 Å². The Morgan fingerprint density at radius 2 is 1.75 bits per heavy atom. The van der Waals surface area contributed by atoms with E-state index in [4.69, 9.17) is 4.74 Å². The Morgan fingerprint density at radius 1 is 1.06 bits per heavy atom. The number of methoxy groups -OCH3 is 1. The molecule has 168 valence electrons. The Morgan fingerprint density at radius 3 is 2.44 bits per heavy atom. The number of aromatic nitrogens is 3. The van der Waals surface area contributed by atoms with E-state index in [2.05, 4.69) is 15.5 Å². The summed E-state index contributed by atoms with van der Waals surface area (Å²) in [5.41, 5.74) is 0.593. The SMILES string of the molecule is CCn1c(CS(=O)(=O)c2ccccc2)nnc1SCC(=O)Nc1ccccc1C(=O)OC. The molecular formula is C21H22N4O5S2. The number of anilines is 1. The first kappa shape index (κ1) is 23.5. The van der Waals surface area contributed by atoms with Crippen molar-refractivity contribution in [2.45, 2.75) is 29.3 Å². The molecule has 32 heavy (non-hydrogen) atoms. The Kier molecular flexibility index (Phi) is 7.65. The molecule has 0 spiro atoms. The summed E-state index contributed by atoms with van der Waals surface area (Å²) >= 11 is 1.13. The first-order valence-electron chi connectivity index (χ1n) is 9.65. The minimum absolute atomic E-state index is 0.000917. The van der Waals surface area contributed by atoms with E-state index in [9.17, 15) is 18.0 Å². The van der Waals surface area contributed by atoms with Crippen molar-refractivity contribution < 1.29 is 22.7 Å². The maximum absolute atomic E-state index is 12.7. The van der Waals surface area contributed by atoms with Gasteiger partial charge in [0.05, 0.1) is 29.0 Å². The molecule has 3 rings (SSSR count). The predicted octanol–water partition coefficient (Wildman–Crippen LogP) is 2.79. The van der Waals surface area contributed by atoms with Gasteiger partial charge >= 0.3 is 5.97 Å². The monoisotopic (exact) mass is 474 g/mol. The second-order valence-electron chi connectivity index (χ2n) is 6.59. The molecule has 0 aliphatic heterocycles. The van der Waals surface area contributed by atoms with Gasteiger partial charge in [0, 0.05) is 6.54 Å². The first-order valence-corrected chi connectivity index (χ1v) is 12.3. The van der Waals surface area contributed by atoms with Crippen LogP contribution in [0, 0.1) is 0 Å². The van der Waals surface area contributed by atoms with Gasteiger partial charge in [-0.05, 0) is 31.2 Å². The molecule has 0 radical (unpaired) electrons. The first-order chi connectivity index (χ1) is 15.4. The lowest BCUT2D eigenvalue weighted by molar-refractivity contribution is -0.113. The summed E-state index contributed by atoms with van der Waals surface area (Å²) in [7, 11) is -2.31. The Balaban J connectivity index is 1.69. The van der Waals surface area contributed by atoms with Crippen molar-refractivity contribution in [1.82, 2.24) is 14.8 Å². The molecule has 0 aliphatic rings. The lowest BCUT2D eigenvalue weighted by Crippen LogP contribution is -2.17. The van der Waals surface area contributed by atoms with E-state index in [0.29, 0.717) is 23.2 Å². The number of thioether (sulfide) groups is 1. The lowest BCUT2D eigenvalue weighted by atomic mass is 10.2. The molecule has 0 unspecified atom stereocenters. The third-order valence-electron chi connectivity index (χ3n) is 4.47. The van der Waals surface area contributed by atoms with Crippen LogP contribution in [-0.2, 0) is 31.7 Å². The van der Waals surface area contributed by atoms with Gasteiger partial charge in [0.2, 0.25) is 5.91 Å². The van der Waals surface area contributed by atoms with Crippen LogP contribution in [0.4, 0.5) is 5.69 Å². The van der Waals surface area contributed by atoms with Gasteiger partial charge < -0.3 is 14.6 Å². The van der Waals surface area contributed by atoms with Crippen molar-refractivity contribution in [2.24, 2.45) is 0 Å². The number of nitrogens with zero attached hydrogens (tertiary/aromatic N) is 3. The molecule has 1 aromatic heterocycles. The molecule has 0 fully saturated rings. The van der Waals surface area contributed by atoms with Crippen LogP contribution in [0.5, 0.6) is 0 Å². The van der Waals surface area contributed by atoms with Crippen molar-refractivity contribution >= 4 is 39.2 Å². The number of rotatable bonds is 9. The fourth-order valence-electron chi connectivity index (χ4n) is 2.93. The van der Waals surface area contributed by atoms with Crippen LogP contribution in [0.3, 0.4) is 0 Å². The topological polar surface area (TPSA) is 120 Å². The second-order valence-corrected chi connectivity index (χ2v) is 9.52. The normalized spacial score (nSPS) is 11.2. The second kappa shape index (κ2) is 10.4. The fourth-order valence-corrected chi connectivity index (χ4v) is 5.04. The summed E-state index contributed by atoms with van der Waals surface area (Å²) in [6.07, 6.45) is 0. The quantitative estimate of drug-likeness (QED) is 0.371. The van der Waals surface area contributed by atoms with E-state index in [0.717, 1.165) is 11.8 Å². The highest BCUT2D eigenvalue weighted by atomic mass is 32.2. The zero-order valence-electron chi connectivity index (χ0n) is 17.5. The molecule has 0 saturated carbocycles. The van der Waals surface area contributed by atoms with Gasteiger partial charge in [0.25, 0.3) is 0 Å². The van der Waals surface area contributed by atoms with Gasteiger partial charge in [0.1, 0.15) is 11.6 Å². The summed E-state index contributed by atoms with van der Waals surface area (Å²) in [5, 5.41) is 11.2. The van der Waals surface area contributed by atoms with E-state index >= 15 is 0 Å². The minimum atomic E-state index is -3.58. The molecule has 0 aliphatic carbocycles. The number of carbonyl (C=O) groups is 2. The highest BCUT2D eigenvalue weighted by molar-refractivity contribution is 7.99. The minimum Gasteiger partial charge on any atom is -0.465 e. The van der Waals surface area contributed by atoms with Crippen LogP contribution >= 0.6 is 11.8 Å². The third-order valence-corrected chi connectivity index (χ3v) is 7.07. The maximum Gasteiger partial charge on any atom is 0.339 e. The zero-order chi connectivity index (χ0) is 23.1. The molecule has 1 amide bonds. The van der Waals surface area contributed by atoms with Crippen LogP contribution in [0.2, 0.25) is 0 Å². The van der Waals surface area contributed by atoms with Gasteiger partial charge in [-0.3, -0.25) is 4.79 Å². The van der Waals surface area contributed by atoms with Crippen molar-refractivity contribution in [3.05, 3.63) is 66.0 Å². The molecule has 11 heteroatoms. The molecular weight excluding hydrogens is 452 g/mol. The average molecular weight is 475 g/mol. The number of benzene rings is 2. The van der Waals surface area contributed by atoms with Crippen molar-refractivity contribution in [3.8, 4) is 0 Å². The van der Waals surface area contributed by atoms with Crippen molar-refractivity contribution in [2.75, 3.05) is 18.2 Å². The Hall–Kier alpha value is -3.18. The number of amides is 1. The standard InChI is InChI=1S/C21H22N4O5S2/c1-3-25-18(14-32(28,29)15-9-5-4-6-10-15)23-24-21(25)31-13-19(26)22-17-12-8-7-11-16(17)20(27)30-2/h4-12H,3,13-14H2,1-2H3,(H,22,26). The number of hydrogen-bond acceptors (Lipinski definition) is 8. The Bertz CT molecular complexity index is 1210. The van der Waals surface area contributed by atoms with Crippen LogP contribution in [0.15, 0.2) is 64.6 Å². The number of ether oxygens (including phenoxy) is 1. The van der Waals surface area contributed by atoms with E-state index < -0.39 is 15.8 Å². The maximum atomic E-state index is 12.7. The van der Waals surface area contributed by atoms with Crippen LogP contribution in [-0.4, -0.2) is 47.9 Å². The van der Waals surface area contributed by atoms with E-state index in [1.807, 2.05) is 6.92 Å². The fraction of sp³-hybridized carbons (Fsp3) is 0.238. The summed E-state index contributed by atoms with van der Waals surface area (Å²) in [6, 6.07) is 14.7. The molecule has 0 bridgehead atoms. The molecule has 1 heterocycles. The van der Waals surface area contributed by atoms with Gasteiger partial charge in [-0.25, -0.2) is 13.2 Å². The number of sulfone groups is 1. The molecule has 0 saturated heterocycles. The zero-order valence-corrected chi connectivity index (χ0v) is 19.1. The number of carbonyl (C=O) groups excluding carboxylic acids is 2. The molecule has 9 nitrogen and oxygen atoms in total. The molecule has 1 N–H and O–H groups in total. The summed E-state index contributed by atoms with van der Waals surface area (Å²) in [5.74, 6) is -0.898. The highest BCUT2D eigenvalue weighted by Gasteiger charge is 2.21. The molecule has 2 aromatic carbocycles. The van der Waals surface area contributed by atoms with Gasteiger partial charge in [-0.15, -0.1) is 10.2 Å². The predicted molar refractivity (Wildman–Crippen MR) is 120 cm³/mol. The largest absolute Gasteiger partial charge is 0.465 e. The number of hydrogen-bond donors (Lipinski definition) is 1. The molecule has 3 aromatic rings. The summed E-state index contributed by atoms with van der Waals surface area (Å²) in [4.78, 5) is 24.5. The van der Waals surface area contributed by atoms with Crippen LogP contribution in [0.1, 0.15) is 23.1 Å². The van der Waals surface area contributed by atoms with E-state index in [1.54, 1.807) is 47.0 Å². The Labute approximate surface area is 190 Å². The number of nitrogens with one attached hydrogen (secondary N) is 1. The van der Waals surface area contributed by atoms with Crippen LogP contribution < -0.4 is 5.32 Å². The van der Waals surface area contributed by atoms with Crippen molar-refractivity contribution in [1.29, 1.82) is 0 Å². The van der Waals surface area contributed by atoms with Gasteiger partial charge in [-0.1, -0.05) is 42.1 Å². The average Bonchev–Trinajstić information content (AvgIpc) is 3.18. The van der Waals surface area contributed by atoms with E-state index in [-0.39, 0.29) is 27.9 Å². The number of para-hydroxylation sites is 1. The highest BCUT2D eigenvalue weighted by Crippen LogP contribution is 2.22. The lowest BCUT2D eigenvalue weighted by Gasteiger charge is -2.10. The summed E-state index contributed by atoms with van der Waals surface area (Å²) in [6.45, 7) is 2.29. The molecule has 0 atom stereocenters.